The lowest BCUT2D eigenvalue weighted by molar-refractivity contribution is -0.143. The summed E-state index contributed by atoms with van der Waals surface area (Å²) in [7, 11) is 0. The minimum atomic E-state index is -5.06. The molecule has 0 bridgehead atoms. The molecule has 1 fully saturated rings. The Morgan fingerprint density at radius 3 is 1.95 bits per heavy atom. The molecule has 214 valence electrons. The highest BCUT2D eigenvalue weighted by atomic mass is 19.4. The molecule has 0 aliphatic carbocycles. The van der Waals surface area contributed by atoms with Gasteiger partial charge in [0.1, 0.15) is 0 Å². The third-order valence-corrected chi connectivity index (χ3v) is 6.79. The van der Waals surface area contributed by atoms with E-state index in [0.717, 1.165) is 21.4 Å². The molecule has 2 N–H and O–H groups in total. The van der Waals surface area contributed by atoms with Gasteiger partial charge < -0.3 is 15.1 Å². The Labute approximate surface area is 229 Å². The zero-order valence-electron chi connectivity index (χ0n) is 21.3. The van der Waals surface area contributed by atoms with Crippen LogP contribution in [0.4, 0.5) is 32.2 Å². The molecule has 0 saturated carbocycles. The molecular weight excluding hydrogens is 552 g/mol. The number of anilines is 1. The highest BCUT2D eigenvalue weighted by molar-refractivity contribution is 5.96. The van der Waals surface area contributed by atoms with Crippen molar-refractivity contribution >= 4 is 28.5 Å². The number of H-pyrrole nitrogens is 1. The van der Waals surface area contributed by atoms with Gasteiger partial charge in [0.15, 0.2) is 5.82 Å². The van der Waals surface area contributed by atoms with Crippen molar-refractivity contribution in [1.29, 1.82) is 0 Å². The van der Waals surface area contributed by atoms with Crippen LogP contribution in [0, 0.1) is 0 Å². The quantitative estimate of drug-likeness (QED) is 0.295. The number of amides is 2. The first-order chi connectivity index (χ1) is 19.4. The van der Waals surface area contributed by atoms with Crippen LogP contribution in [-0.4, -0.2) is 58.0 Å². The number of fused-ring (bicyclic) bond motifs is 1. The number of alkyl halides is 6. The maximum absolute atomic E-state index is 13.2. The van der Waals surface area contributed by atoms with Crippen LogP contribution in [0.1, 0.15) is 37.4 Å². The molecule has 5 rings (SSSR count). The van der Waals surface area contributed by atoms with Gasteiger partial charge in [0.2, 0.25) is 0 Å². The van der Waals surface area contributed by atoms with Gasteiger partial charge in [-0.2, -0.15) is 31.4 Å². The summed E-state index contributed by atoms with van der Waals surface area (Å²) >= 11 is 0. The van der Waals surface area contributed by atoms with E-state index in [1.807, 2.05) is 30.3 Å². The summed E-state index contributed by atoms with van der Waals surface area (Å²) in [6.45, 7) is 0.440. The molecule has 41 heavy (non-hydrogen) atoms. The predicted molar refractivity (Wildman–Crippen MR) is 138 cm³/mol. The Morgan fingerprint density at radius 1 is 0.756 bits per heavy atom. The Morgan fingerprint density at radius 2 is 1.34 bits per heavy atom. The van der Waals surface area contributed by atoms with Crippen LogP contribution < -0.4 is 5.32 Å². The number of nitrogens with one attached hydrogen (secondary N) is 2. The summed E-state index contributed by atoms with van der Waals surface area (Å²) in [6.07, 6.45) is -10.1. The van der Waals surface area contributed by atoms with Gasteiger partial charge in [-0.3, -0.25) is 14.7 Å². The fraction of sp³-hybridized carbons (Fsp3) is 0.250. The van der Waals surface area contributed by atoms with Gasteiger partial charge in [0.05, 0.1) is 16.6 Å². The summed E-state index contributed by atoms with van der Waals surface area (Å²) in [5, 5.41) is 11.4. The second-order valence-corrected chi connectivity index (χ2v) is 9.55. The normalized spacial score (nSPS) is 14.4. The lowest BCUT2D eigenvalue weighted by atomic mass is 10.0. The molecule has 0 spiro atoms. The van der Waals surface area contributed by atoms with Crippen molar-refractivity contribution < 1.29 is 35.9 Å². The van der Waals surface area contributed by atoms with Crippen molar-refractivity contribution in [1.82, 2.24) is 20.0 Å². The number of carbonyl (C=O) groups excluding carboxylic acids is 2. The average molecular weight is 576 g/mol. The number of hydrogen-bond donors (Lipinski definition) is 2. The summed E-state index contributed by atoms with van der Waals surface area (Å²) in [5.41, 5.74) is -1.72. The summed E-state index contributed by atoms with van der Waals surface area (Å²) in [6, 6.07) is 15.4. The first kappa shape index (κ1) is 28.0. The summed E-state index contributed by atoms with van der Waals surface area (Å²) in [5.74, 6) is -0.600. The molecular formula is C28H23F6N5O2. The zero-order valence-corrected chi connectivity index (χ0v) is 21.3. The van der Waals surface area contributed by atoms with Gasteiger partial charge >= 0.3 is 12.4 Å². The van der Waals surface area contributed by atoms with Crippen LogP contribution in [-0.2, 0) is 18.9 Å². The van der Waals surface area contributed by atoms with Crippen molar-refractivity contribution in [3.8, 4) is 0 Å². The van der Waals surface area contributed by atoms with Gasteiger partial charge in [-0.15, -0.1) is 0 Å². The molecule has 1 aromatic heterocycles. The molecule has 4 aromatic rings. The molecule has 3 aromatic carbocycles. The number of para-hydroxylation sites is 1. The van der Waals surface area contributed by atoms with E-state index >= 15 is 0 Å². The second kappa shape index (κ2) is 10.8. The minimum absolute atomic E-state index is 0.0198. The number of halogens is 6. The number of rotatable bonds is 5. The van der Waals surface area contributed by atoms with Crippen LogP contribution in [0.3, 0.4) is 0 Å². The number of benzene rings is 3. The van der Waals surface area contributed by atoms with Crippen LogP contribution in [0.5, 0.6) is 0 Å². The van der Waals surface area contributed by atoms with E-state index < -0.39 is 35.0 Å². The molecule has 13 heteroatoms. The SMILES string of the molecule is O=C(c1cccc(CNc2n[nH]c3ccccc23)c1)N1CCN(C(=O)c2cc(C(F)(F)F)cc(C(F)(F)F)c2)CC1. The monoisotopic (exact) mass is 575 g/mol. The molecule has 2 amide bonds. The number of piperazine rings is 1. The van der Waals surface area contributed by atoms with E-state index in [1.54, 1.807) is 18.2 Å². The van der Waals surface area contributed by atoms with E-state index in [1.165, 1.54) is 4.90 Å². The Hall–Kier alpha value is -4.55. The Balaban J connectivity index is 1.23. The maximum Gasteiger partial charge on any atom is 0.416 e. The van der Waals surface area contributed by atoms with Crippen molar-refractivity contribution in [2.24, 2.45) is 0 Å². The van der Waals surface area contributed by atoms with Crippen LogP contribution >= 0.6 is 0 Å². The topological polar surface area (TPSA) is 81.3 Å². The van der Waals surface area contributed by atoms with Gasteiger partial charge in [0, 0.05) is 49.2 Å². The largest absolute Gasteiger partial charge is 0.416 e. The second-order valence-electron chi connectivity index (χ2n) is 9.55. The Kier molecular flexibility index (Phi) is 7.37. The van der Waals surface area contributed by atoms with Crippen molar-refractivity contribution in [2.75, 3.05) is 31.5 Å². The molecule has 0 atom stereocenters. The predicted octanol–water partition coefficient (Wildman–Crippen LogP) is 5.81. The lowest BCUT2D eigenvalue weighted by Crippen LogP contribution is -2.50. The first-order valence-corrected chi connectivity index (χ1v) is 12.5. The van der Waals surface area contributed by atoms with E-state index in [4.69, 9.17) is 0 Å². The highest BCUT2D eigenvalue weighted by Crippen LogP contribution is 2.36. The van der Waals surface area contributed by atoms with Crippen LogP contribution in [0.15, 0.2) is 66.7 Å². The zero-order chi connectivity index (χ0) is 29.4. The fourth-order valence-electron chi connectivity index (χ4n) is 4.65. The number of aromatic amines is 1. The van der Waals surface area contributed by atoms with Crippen LogP contribution in [0.2, 0.25) is 0 Å². The fourth-order valence-corrected chi connectivity index (χ4v) is 4.65. The van der Waals surface area contributed by atoms with Crippen molar-refractivity contribution in [3.05, 3.63) is 94.5 Å². The smallest absolute Gasteiger partial charge is 0.364 e. The van der Waals surface area contributed by atoms with Crippen LogP contribution in [0.25, 0.3) is 10.9 Å². The molecule has 1 saturated heterocycles. The summed E-state index contributed by atoms with van der Waals surface area (Å²) in [4.78, 5) is 28.7. The van der Waals surface area contributed by atoms with E-state index in [9.17, 15) is 35.9 Å². The van der Waals surface area contributed by atoms with Gasteiger partial charge in [-0.05, 0) is 48.0 Å². The molecule has 0 unspecified atom stereocenters. The first-order valence-electron chi connectivity index (χ1n) is 12.5. The van der Waals surface area contributed by atoms with E-state index in [2.05, 4.69) is 15.5 Å². The third-order valence-electron chi connectivity index (χ3n) is 6.79. The molecule has 2 heterocycles. The average Bonchev–Trinajstić information content (AvgIpc) is 3.37. The lowest BCUT2D eigenvalue weighted by Gasteiger charge is -2.35. The van der Waals surface area contributed by atoms with Crippen molar-refractivity contribution in [2.45, 2.75) is 18.9 Å². The number of hydrogen-bond acceptors (Lipinski definition) is 4. The van der Waals surface area contributed by atoms with Gasteiger partial charge in [-0.1, -0.05) is 24.3 Å². The molecule has 1 aliphatic heterocycles. The van der Waals surface area contributed by atoms with Gasteiger partial charge in [0.25, 0.3) is 11.8 Å². The maximum atomic E-state index is 13.2. The molecule has 0 radical (unpaired) electrons. The Bertz CT molecular complexity index is 1560. The number of nitrogens with zero attached hydrogens (tertiary/aromatic N) is 3. The highest BCUT2D eigenvalue weighted by Gasteiger charge is 2.38. The van der Waals surface area contributed by atoms with E-state index in [-0.39, 0.29) is 38.2 Å². The van der Waals surface area contributed by atoms with Crippen molar-refractivity contribution in [3.63, 3.8) is 0 Å². The number of aromatic nitrogens is 2. The van der Waals surface area contributed by atoms with E-state index in [0.29, 0.717) is 30.1 Å². The minimum Gasteiger partial charge on any atom is -0.364 e. The molecule has 7 nitrogen and oxygen atoms in total. The number of carbonyl (C=O) groups is 2. The molecule has 1 aliphatic rings. The van der Waals surface area contributed by atoms with Gasteiger partial charge in [-0.25, -0.2) is 0 Å². The standard InChI is InChI=1S/C28H23F6N5O2/c29-27(30,31)20-13-19(14-21(15-20)28(32,33)34)26(41)39-10-8-38(9-11-39)25(40)18-5-3-4-17(12-18)16-35-24-22-6-1-2-7-23(22)36-37-24/h1-7,12-15H,8-11,16H2,(H2,35,36,37). The third kappa shape index (κ3) is 6.13. The summed E-state index contributed by atoms with van der Waals surface area (Å²) < 4.78 is 79.3.